The molecule has 5 rings (SSSR count). The zero-order valence-electron chi connectivity index (χ0n) is 16.2. The lowest BCUT2D eigenvalue weighted by molar-refractivity contribution is 0.472. The zero-order chi connectivity index (χ0) is 20.7. The molecule has 0 unspecified atom stereocenters. The van der Waals surface area contributed by atoms with Gasteiger partial charge in [0.15, 0.2) is 0 Å². The van der Waals surface area contributed by atoms with Crippen molar-refractivity contribution < 1.29 is 10.2 Å². The molecule has 0 radical (unpaired) electrons. The Bertz CT molecular complexity index is 1400. The number of aliphatic imine (C=N–C) groups is 1. The first-order valence-electron chi connectivity index (χ1n) is 9.54. The molecule has 146 valence electrons. The number of fused-ring (bicyclic) bond motifs is 2. The molecule has 0 aliphatic rings. The molecule has 5 aromatic rings. The molecule has 5 heteroatoms. The Morgan fingerprint density at radius 3 is 2.60 bits per heavy atom. The standard InChI is InChI=1S/C25H18N2O2S/c1-15-12-17(25-27-20-8-4-5-9-23(20)30-25)13-21(24(15)29)26-14-19-18-7-3-2-6-16(18)10-11-22(19)28/h2-14,28-29H,1H3. The fourth-order valence-corrected chi connectivity index (χ4v) is 4.49. The van der Waals surface area contributed by atoms with Crippen molar-refractivity contribution in [1.29, 1.82) is 0 Å². The maximum atomic E-state index is 10.6. The highest BCUT2D eigenvalue weighted by Gasteiger charge is 2.12. The van der Waals surface area contributed by atoms with E-state index in [1.165, 1.54) is 0 Å². The van der Waals surface area contributed by atoms with E-state index in [-0.39, 0.29) is 11.5 Å². The van der Waals surface area contributed by atoms with Crippen LogP contribution in [-0.4, -0.2) is 21.4 Å². The van der Waals surface area contributed by atoms with E-state index in [2.05, 4.69) is 4.99 Å². The molecule has 0 atom stereocenters. The van der Waals surface area contributed by atoms with Gasteiger partial charge in [-0.3, -0.25) is 4.99 Å². The molecule has 2 N–H and O–H groups in total. The Balaban J connectivity index is 1.61. The monoisotopic (exact) mass is 410 g/mol. The molecule has 4 nitrogen and oxygen atoms in total. The van der Waals surface area contributed by atoms with Gasteiger partial charge >= 0.3 is 0 Å². The molecule has 0 saturated heterocycles. The van der Waals surface area contributed by atoms with Crippen molar-refractivity contribution in [3.8, 4) is 22.1 Å². The number of rotatable bonds is 3. The van der Waals surface area contributed by atoms with Gasteiger partial charge in [0.05, 0.1) is 10.2 Å². The van der Waals surface area contributed by atoms with Crippen LogP contribution in [0.5, 0.6) is 11.5 Å². The summed E-state index contributed by atoms with van der Waals surface area (Å²) in [5.41, 5.74) is 3.64. The second-order valence-corrected chi connectivity index (χ2v) is 8.16. The SMILES string of the molecule is Cc1cc(-c2nc3ccccc3s2)cc(N=Cc2c(O)ccc3ccccc23)c1O. The Hall–Kier alpha value is -3.70. The summed E-state index contributed by atoms with van der Waals surface area (Å²) in [7, 11) is 0. The Kier molecular flexibility index (Phi) is 4.45. The minimum atomic E-state index is 0.121. The third-order valence-corrected chi connectivity index (χ3v) is 6.19. The van der Waals surface area contributed by atoms with E-state index >= 15 is 0 Å². The molecule has 0 amide bonds. The smallest absolute Gasteiger partial charge is 0.144 e. The highest BCUT2D eigenvalue weighted by atomic mass is 32.1. The van der Waals surface area contributed by atoms with E-state index in [1.807, 2.05) is 73.7 Å². The van der Waals surface area contributed by atoms with Gasteiger partial charge in [-0.25, -0.2) is 4.98 Å². The number of phenols is 2. The van der Waals surface area contributed by atoms with E-state index in [0.717, 1.165) is 37.1 Å². The van der Waals surface area contributed by atoms with Gasteiger partial charge < -0.3 is 10.2 Å². The fraction of sp³-hybridized carbons (Fsp3) is 0.0400. The lowest BCUT2D eigenvalue weighted by atomic mass is 10.0. The summed E-state index contributed by atoms with van der Waals surface area (Å²) in [5.74, 6) is 0.270. The predicted molar refractivity (Wildman–Crippen MR) is 124 cm³/mol. The van der Waals surface area contributed by atoms with Gasteiger partial charge in [-0.05, 0) is 53.6 Å². The summed E-state index contributed by atoms with van der Waals surface area (Å²) < 4.78 is 1.11. The predicted octanol–water partition coefficient (Wildman–Crippen LogP) is 6.59. The van der Waals surface area contributed by atoms with Crippen LogP contribution in [0.15, 0.2) is 77.8 Å². The molecule has 0 spiro atoms. The summed E-state index contributed by atoms with van der Waals surface area (Å²) in [6.07, 6.45) is 1.61. The number of para-hydroxylation sites is 1. The number of aromatic hydroxyl groups is 2. The molecular formula is C25H18N2O2S. The first-order valence-corrected chi connectivity index (χ1v) is 10.4. The van der Waals surface area contributed by atoms with E-state index in [0.29, 0.717) is 11.3 Å². The van der Waals surface area contributed by atoms with Crippen LogP contribution in [0.1, 0.15) is 11.1 Å². The van der Waals surface area contributed by atoms with E-state index in [1.54, 1.807) is 23.6 Å². The zero-order valence-corrected chi connectivity index (χ0v) is 17.0. The van der Waals surface area contributed by atoms with Crippen LogP contribution < -0.4 is 0 Å². The molecular weight excluding hydrogens is 392 g/mol. The molecule has 0 bridgehead atoms. The van der Waals surface area contributed by atoms with Crippen molar-refractivity contribution in [2.45, 2.75) is 6.92 Å². The maximum Gasteiger partial charge on any atom is 0.144 e. The third-order valence-electron chi connectivity index (χ3n) is 5.10. The lowest BCUT2D eigenvalue weighted by Crippen LogP contribution is -1.87. The van der Waals surface area contributed by atoms with Crippen LogP contribution in [0, 0.1) is 6.92 Å². The van der Waals surface area contributed by atoms with Crippen LogP contribution in [-0.2, 0) is 0 Å². The number of phenolic OH excluding ortho intramolecular Hbond substituents is 2. The van der Waals surface area contributed by atoms with Gasteiger partial charge in [0.25, 0.3) is 0 Å². The second-order valence-electron chi connectivity index (χ2n) is 7.13. The number of hydrogen-bond acceptors (Lipinski definition) is 5. The largest absolute Gasteiger partial charge is 0.507 e. The molecule has 1 heterocycles. The van der Waals surface area contributed by atoms with Gasteiger partial charge in [-0.1, -0.05) is 42.5 Å². The van der Waals surface area contributed by atoms with E-state index < -0.39 is 0 Å². The number of hydrogen-bond donors (Lipinski definition) is 2. The second kappa shape index (κ2) is 7.28. The van der Waals surface area contributed by atoms with Crippen molar-refractivity contribution in [3.05, 3.63) is 83.9 Å². The molecule has 1 aromatic heterocycles. The summed E-state index contributed by atoms with van der Waals surface area (Å²) in [5, 5.41) is 23.7. The highest BCUT2D eigenvalue weighted by molar-refractivity contribution is 7.21. The Morgan fingerprint density at radius 2 is 1.73 bits per heavy atom. The van der Waals surface area contributed by atoms with Crippen molar-refractivity contribution in [2.75, 3.05) is 0 Å². The van der Waals surface area contributed by atoms with Crippen molar-refractivity contribution >= 4 is 44.2 Å². The van der Waals surface area contributed by atoms with Crippen LogP contribution in [0.3, 0.4) is 0 Å². The minimum Gasteiger partial charge on any atom is -0.507 e. The fourth-order valence-electron chi connectivity index (χ4n) is 3.53. The Labute approximate surface area is 177 Å². The van der Waals surface area contributed by atoms with E-state index in [4.69, 9.17) is 4.98 Å². The molecule has 30 heavy (non-hydrogen) atoms. The summed E-state index contributed by atoms with van der Waals surface area (Å²) in [6, 6.07) is 23.1. The van der Waals surface area contributed by atoms with Gasteiger partial charge in [0.1, 0.15) is 22.2 Å². The summed E-state index contributed by atoms with van der Waals surface area (Å²) in [6.45, 7) is 1.85. The topological polar surface area (TPSA) is 65.7 Å². The molecule has 0 aliphatic carbocycles. The average Bonchev–Trinajstić information content (AvgIpc) is 3.20. The van der Waals surface area contributed by atoms with Gasteiger partial charge in [0, 0.05) is 17.3 Å². The van der Waals surface area contributed by atoms with Gasteiger partial charge in [-0.2, -0.15) is 0 Å². The third kappa shape index (κ3) is 3.19. The Morgan fingerprint density at radius 1 is 0.933 bits per heavy atom. The number of aryl methyl sites for hydroxylation is 1. The minimum absolute atomic E-state index is 0.121. The van der Waals surface area contributed by atoms with Crippen LogP contribution in [0.2, 0.25) is 0 Å². The average molecular weight is 410 g/mol. The lowest BCUT2D eigenvalue weighted by Gasteiger charge is -2.07. The first-order chi connectivity index (χ1) is 14.6. The van der Waals surface area contributed by atoms with Crippen LogP contribution >= 0.6 is 11.3 Å². The molecule has 0 saturated carbocycles. The first kappa shape index (κ1) is 18.3. The quantitative estimate of drug-likeness (QED) is 0.330. The summed E-state index contributed by atoms with van der Waals surface area (Å²) >= 11 is 1.61. The van der Waals surface area contributed by atoms with Crippen molar-refractivity contribution in [1.82, 2.24) is 4.98 Å². The number of nitrogens with zero attached hydrogens (tertiary/aromatic N) is 2. The van der Waals surface area contributed by atoms with Crippen LogP contribution in [0.25, 0.3) is 31.6 Å². The number of aromatic nitrogens is 1. The summed E-state index contributed by atoms with van der Waals surface area (Å²) in [4.78, 5) is 9.24. The van der Waals surface area contributed by atoms with Crippen molar-refractivity contribution in [3.63, 3.8) is 0 Å². The normalized spacial score (nSPS) is 11.6. The van der Waals surface area contributed by atoms with Gasteiger partial charge in [0.2, 0.25) is 0 Å². The van der Waals surface area contributed by atoms with E-state index in [9.17, 15) is 10.2 Å². The molecule has 4 aromatic carbocycles. The number of thiazole rings is 1. The van der Waals surface area contributed by atoms with Crippen LogP contribution in [0.4, 0.5) is 5.69 Å². The molecule has 0 fully saturated rings. The van der Waals surface area contributed by atoms with Gasteiger partial charge in [-0.15, -0.1) is 11.3 Å². The number of benzene rings is 4. The highest BCUT2D eigenvalue weighted by Crippen LogP contribution is 2.38. The van der Waals surface area contributed by atoms with Crippen molar-refractivity contribution in [2.24, 2.45) is 4.99 Å². The maximum absolute atomic E-state index is 10.6. The molecule has 0 aliphatic heterocycles.